The van der Waals surface area contributed by atoms with Crippen LogP contribution in [0.2, 0.25) is 0 Å². The topological polar surface area (TPSA) is 54.9 Å². The van der Waals surface area contributed by atoms with Crippen molar-refractivity contribution in [2.24, 2.45) is 0 Å². The summed E-state index contributed by atoms with van der Waals surface area (Å²) in [6, 6.07) is 19.5. The Hall–Kier alpha value is -2.40. The number of benzene rings is 3. The molecule has 0 spiro atoms. The molecule has 0 unspecified atom stereocenters. The maximum atomic E-state index is 12.8. The van der Waals surface area contributed by atoms with Gasteiger partial charge in [0.1, 0.15) is 5.82 Å². The van der Waals surface area contributed by atoms with E-state index < -0.39 is 3.79 Å². The molecule has 29 heavy (non-hydrogen) atoms. The minimum Gasteiger partial charge on any atom is -0.310 e. The minimum absolute atomic E-state index is 0.0133. The van der Waals surface area contributed by atoms with Crippen LogP contribution in [0.5, 0.6) is 0 Å². The summed E-state index contributed by atoms with van der Waals surface area (Å²) in [4.78, 5) is 21.5. The first kappa shape index (κ1) is 19.9. The Morgan fingerprint density at radius 3 is 2.52 bits per heavy atom. The van der Waals surface area contributed by atoms with Gasteiger partial charge in [0.05, 0.1) is 11.9 Å². The van der Waals surface area contributed by atoms with Crippen LogP contribution in [0.15, 0.2) is 60.7 Å². The van der Waals surface area contributed by atoms with Crippen LogP contribution in [-0.2, 0) is 15.0 Å². The number of carbonyl (C=O) groups excluding carboxylic acids is 1. The van der Waals surface area contributed by atoms with E-state index in [-0.39, 0.29) is 18.2 Å². The minimum atomic E-state index is -1.80. The van der Waals surface area contributed by atoms with Crippen molar-refractivity contribution in [1.29, 1.82) is 0 Å². The fourth-order valence-corrected chi connectivity index (χ4v) is 3.51. The Labute approximate surface area is 182 Å². The number of hydrogen-bond acceptors (Lipinski definition) is 3. The van der Waals surface area contributed by atoms with E-state index in [1.54, 1.807) is 0 Å². The number of nitrogens with zero attached hydrogens (tertiary/aromatic N) is 2. The Kier molecular flexibility index (Phi) is 5.34. The second kappa shape index (κ2) is 7.79. The van der Waals surface area contributed by atoms with E-state index in [1.807, 2.05) is 67.6 Å². The summed E-state index contributed by atoms with van der Waals surface area (Å²) in [5.74, 6) is 0.128. The largest absolute Gasteiger partial charge is 0.310 e. The van der Waals surface area contributed by atoms with Gasteiger partial charge in [-0.05, 0) is 35.4 Å². The van der Waals surface area contributed by atoms with Crippen molar-refractivity contribution < 1.29 is 4.79 Å². The third-order valence-electron chi connectivity index (χ3n) is 4.59. The molecule has 146 valence electrons. The normalized spacial score (nSPS) is 11.7. The van der Waals surface area contributed by atoms with Crippen molar-refractivity contribution in [2.75, 3.05) is 5.32 Å². The number of anilines is 1. The number of fused-ring (bicyclic) bond motifs is 2. The molecule has 0 aliphatic heterocycles. The van der Waals surface area contributed by atoms with Gasteiger partial charge in [0.15, 0.2) is 5.82 Å². The summed E-state index contributed by atoms with van der Waals surface area (Å²) >= 11 is 18.0. The summed E-state index contributed by atoms with van der Waals surface area (Å²) < 4.78 is -1.80. The first-order valence-corrected chi connectivity index (χ1v) is 10.1. The van der Waals surface area contributed by atoms with Gasteiger partial charge in [-0.25, -0.2) is 9.97 Å². The van der Waals surface area contributed by atoms with Crippen molar-refractivity contribution in [3.05, 3.63) is 77.6 Å². The highest BCUT2D eigenvalue weighted by molar-refractivity contribution is 6.66. The van der Waals surface area contributed by atoms with Gasteiger partial charge in [-0.3, -0.25) is 4.79 Å². The molecule has 0 aliphatic rings. The highest BCUT2D eigenvalue weighted by Crippen LogP contribution is 2.37. The van der Waals surface area contributed by atoms with E-state index in [4.69, 9.17) is 34.8 Å². The fraction of sp³-hybridized carbons (Fsp3) is 0.136. The molecule has 0 fully saturated rings. The molecule has 4 aromatic rings. The lowest BCUT2D eigenvalue weighted by Crippen LogP contribution is -2.18. The lowest BCUT2D eigenvalue weighted by Gasteiger charge is -2.14. The molecule has 0 radical (unpaired) electrons. The smallest absolute Gasteiger partial charge is 0.250 e. The molecule has 1 aromatic heterocycles. The number of hydrogen-bond donors (Lipinski definition) is 1. The van der Waals surface area contributed by atoms with Crippen LogP contribution < -0.4 is 5.32 Å². The zero-order chi connectivity index (χ0) is 20.6. The Morgan fingerprint density at radius 2 is 1.72 bits per heavy atom. The predicted octanol–water partition coefficient (Wildman–Crippen LogP) is 6.10. The number of aryl methyl sites for hydroxylation is 1. The Bertz CT molecular complexity index is 1230. The lowest BCUT2D eigenvalue weighted by molar-refractivity contribution is -0.115. The predicted molar refractivity (Wildman–Crippen MR) is 120 cm³/mol. The summed E-state index contributed by atoms with van der Waals surface area (Å²) in [6.07, 6.45) is 0.196. The van der Waals surface area contributed by atoms with Gasteiger partial charge in [-0.1, -0.05) is 88.9 Å². The molecule has 0 saturated heterocycles. The van der Waals surface area contributed by atoms with Crippen molar-refractivity contribution >= 4 is 68.2 Å². The maximum Gasteiger partial charge on any atom is 0.250 e. The van der Waals surface area contributed by atoms with Crippen LogP contribution in [0, 0.1) is 6.92 Å². The molecule has 4 rings (SSSR count). The van der Waals surface area contributed by atoms with E-state index >= 15 is 0 Å². The second-order valence-electron chi connectivity index (χ2n) is 6.78. The number of halogens is 3. The lowest BCUT2D eigenvalue weighted by atomic mass is 10.0. The van der Waals surface area contributed by atoms with Crippen molar-refractivity contribution in [1.82, 2.24) is 9.97 Å². The van der Waals surface area contributed by atoms with Crippen LogP contribution in [-0.4, -0.2) is 15.9 Å². The van der Waals surface area contributed by atoms with Gasteiger partial charge in [0.25, 0.3) is 0 Å². The molecule has 0 bridgehead atoms. The zero-order valence-electron chi connectivity index (χ0n) is 15.4. The third kappa shape index (κ3) is 4.30. The van der Waals surface area contributed by atoms with E-state index in [0.29, 0.717) is 16.7 Å². The van der Waals surface area contributed by atoms with Crippen LogP contribution in [0.3, 0.4) is 0 Å². The molecule has 4 nitrogen and oxygen atoms in total. The zero-order valence-corrected chi connectivity index (χ0v) is 17.7. The first-order chi connectivity index (χ1) is 13.8. The van der Waals surface area contributed by atoms with Gasteiger partial charge < -0.3 is 5.32 Å². The van der Waals surface area contributed by atoms with Gasteiger partial charge in [0.2, 0.25) is 9.70 Å². The van der Waals surface area contributed by atoms with Crippen molar-refractivity contribution in [2.45, 2.75) is 17.1 Å². The van der Waals surface area contributed by atoms with Gasteiger partial charge in [0, 0.05) is 5.39 Å². The monoisotopic (exact) mass is 443 g/mol. The number of aromatic nitrogens is 2. The second-order valence-corrected chi connectivity index (χ2v) is 9.06. The average Bonchev–Trinajstić information content (AvgIpc) is 2.67. The fourth-order valence-electron chi connectivity index (χ4n) is 3.26. The van der Waals surface area contributed by atoms with E-state index in [2.05, 4.69) is 15.3 Å². The summed E-state index contributed by atoms with van der Waals surface area (Å²) in [5, 5.41) is 5.68. The molecular weight excluding hydrogens is 429 g/mol. The molecule has 3 aromatic carbocycles. The maximum absolute atomic E-state index is 12.8. The summed E-state index contributed by atoms with van der Waals surface area (Å²) in [7, 11) is 0. The average molecular weight is 445 g/mol. The molecule has 1 heterocycles. The van der Waals surface area contributed by atoms with E-state index in [0.717, 1.165) is 21.9 Å². The summed E-state index contributed by atoms with van der Waals surface area (Å²) in [6.45, 7) is 1.95. The van der Waals surface area contributed by atoms with Crippen LogP contribution in [0.4, 0.5) is 5.82 Å². The molecule has 0 saturated carbocycles. The summed E-state index contributed by atoms with van der Waals surface area (Å²) in [5.41, 5.74) is 2.52. The van der Waals surface area contributed by atoms with E-state index in [1.165, 1.54) is 0 Å². The molecule has 0 aliphatic carbocycles. The van der Waals surface area contributed by atoms with Crippen LogP contribution >= 0.6 is 34.8 Å². The molecular formula is C22H16Cl3N3O. The first-order valence-electron chi connectivity index (χ1n) is 8.93. The van der Waals surface area contributed by atoms with Crippen molar-refractivity contribution in [3.8, 4) is 0 Å². The highest BCUT2D eigenvalue weighted by atomic mass is 35.6. The Balaban J connectivity index is 1.71. The molecule has 1 N–H and O–H groups in total. The number of amides is 1. The van der Waals surface area contributed by atoms with Gasteiger partial charge in [-0.15, -0.1) is 0 Å². The van der Waals surface area contributed by atoms with Gasteiger partial charge in [-0.2, -0.15) is 0 Å². The molecule has 0 atom stereocenters. The highest BCUT2D eigenvalue weighted by Gasteiger charge is 2.28. The number of rotatable bonds is 3. The van der Waals surface area contributed by atoms with E-state index in [9.17, 15) is 4.79 Å². The number of nitrogens with one attached hydrogen (secondary N) is 1. The third-order valence-corrected chi connectivity index (χ3v) is 5.10. The quantitative estimate of drug-likeness (QED) is 0.388. The number of carbonyl (C=O) groups is 1. The number of alkyl halides is 3. The van der Waals surface area contributed by atoms with Crippen LogP contribution in [0.1, 0.15) is 17.0 Å². The SMILES string of the molecule is Cc1ccc2nc(C(Cl)(Cl)Cl)nc(NC(=O)Cc3cccc4ccccc34)c2c1. The molecule has 1 amide bonds. The standard InChI is InChI=1S/C22H16Cl3N3O/c1-13-9-10-18-17(11-13)20(28-21(26-18)22(23,24)25)27-19(29)12-15-7-4-6-14-5-2-3-8-16(14)15/h2-11H,12H2,1H3,(H,26,27,28,29). The van der Waals surface area contributed by atoms with Gasteiger partial charge >= 0.3 is 0 Å². The molecule has 7 heteroatoms. The van der Waals surface area contributed by atoms with Crippen LogP contribution in [0.25, 0.3) is 21.7 Å². The van der Waals surface area contributed by atoms with Crippen molar-refractivity contribution in [3.63, 3.8) is 0 Å². The Morgan fingerprint density at radius 1 is 0.966 bits per heavy atom.